The number of likely N-dealkylation sites (tertiary alicyclic amines) is 1. The van der Waals surface area contributed by atoms with Crippen molar-refractivity contribution < 1.29 is 4.79 Å². The van der Waals surface area contributed by atoms with E-state index < -0.39 is 0 Å². The number of benzene rings is 2. The largest absolute Gasteiger partial charge is 0.336 e. The number of carbonyl (C=O) groups is 1. The minimum atomic E-state index is 0.0602. The van der Waals surface area contributed by atoms with Gasteiger partial charge in [-0.2, -0.15) is 0 Å². The SMILES string of the molecule is NC1CCN(C(=O)c2cc3c(s2)/C=C\CC=NC(Nc2cccc(-c4ccccc4)c2)=NC3)C1. The lowest BCUT2D eigenvalue weighted by molar-refractivity contribution is 0.0795. The summed E-state index contributed by atoms with van der Waals surface area (Å²) in [6, 6.07) is 20.5. The highest BCUT2D eigenvalue weighted by Gasteiger charge is 2.26. The number of hydrogen-bond donors (Lipinski definition) is 2. The van der Waals surface area contributed by atoms with Crippen LogP contribution in [-0.2, 0) is 6.54 Å². The van der Waals surface area contributed by atoms with Crippen molar-refractivity contribution in [1.29, 1.82) is 0 Å². The van der Waals surface area contributed by atoms with Crippen LogP contribution >= 0.6 is 11.3 Å². The van der Waals surface area contributed by atoms with E-state index in [1.165, 1.54) is 11.3 Å². The molecular weight excluding hydrogens is 442 g/mol. The number of carbonyl (C=O) groups excluding carboxylic acids is 1. The second-order valence-corrected chi connectivity index (χ2v) is 9.55. The first-order chi connectivity index (χ1) is 16.7. The Labute approximate surface area is 203 Å². The van der Waals surface area contributed by atoms with Crippen molar-refractivity contribution in [2.24, 2.45) is 15.7 Å². The van der Waals surface area contributed by atoms with E-state index in [4.69, 9.17) is 10.7 Å². The molecule has 2 aliphatic heterocycles. The van der Waals surface area contributed by atoms with Gasteiger partial charge >= 0.3 is 0 Å². The summed E-state index contributed by atoms with van der Waals surface area (Å²) in [6.45, 7) is 1.79. The number of nitrogens with two attached hydrogens (primary N) is 1. The monoisotopic (exact) mass is 469 g/mol. The molecule has 5 rings (SSSR count). The molecule has 34 heavy (non-hydrogen) atoms. The lowest BCUT2D eigenvalue weighted by atomic mass is 10.1. The number of amides is 1. The van der Waals surface area contributed by atoms with E-state index in [9.17, 15) is 4.79 Å². The van der Waals surface area contributed by atoms with Gasteiger partial charge in [0, 0.05) is 42.3 Å². The molecule has 172 valence electrons. The summed E-state index contributed by atoms with van der Waals surface area (Å²) in [6.07, 6.45) is 7.53. The maximum absolute atomic E-state index is 13.0. The average molecular weight is 470 g/mol. The quantitative estimate of drug-likeness (QED) is 0.563. The molecule has 1 aromatic heterocycles. The van der Waals surface area contributed by atoms with Crippen LogP contribution in [0.25, 0.3) is 17.2 Å². The predicted molar refractivity (Wildman–Crippen MR) is 142 cm³/mol. The maximum Gasteiger partial charge on any atom is 0.264 e. The van der Waals surface area contributed by atoms with Crippen molar-refractivity contribution in [3.05, 3.63) is 82.1 Å². The van der Waals surface area contributed by atoms with Gasteiger partial charge in [0.2, 0.25) is 5.96 Å². The van der Waals surface area contributed by atoms with Crippen molar-refractivity contribution in [1.82, 2.24) is 4.90 Å². The van der Waals surface area contributed by atoms with Gasteiger partial charge in [0.15, 0.2) is 0 Å². The third-order valence-electron chi connectivity index (χ3n) is 5.91. The first-order valence-electron chi connectivity index (χ1n) is 11.5. The highest BCUT2D eigenvalue weighted by Crippen LogP contribution is 2.28. The van der Waals surface area contributed by atoms with Crippen molar-refractivity contribution in [3.8, 4) is 11.1 Å². The molecule has 0 saturated carbocycles. The zero-order valence-electron chi connectivity index (χ0n) is 18.9. The minimum absolute atomic E-state index is 0.0602. The molecule has 1 saturated heterocycles. The number of aliphatic imine (C=N–C) groups is 2. The number of thiophene rings is 1. The normalized spacial score (nSPS) is 18.8. The highest BCUT2D eigenvalue weighted by atomic mass is 32.1. The van der Waals surface area contributed by atoms with Gasteiger partial charge in [-0.15, -0.1) is 11.3 Å². The molecule has 0 radical (unpaired) electrons. The number of anilines is 1. The van der Waals surface area contributed by atoms with Crippen molar-refractivity contribution in [3.63, 3.8) is 0 Å². The smallest absolute Gasteiger partial charge is 0.264 e. The Balaban J connectivity index is 1.36. The lowest BCUT2D eigenvalue weighted by Crippen LogP contribution is -2.31. The summed E-state index contributed by atoms with van der Waals surface area (Å²) in [5, 5.41) is 3.36. The summed E-state index contributed by atoms with van der Waals surface area (Å²) in [4.78, 5) is 25.9. The molecule has 0 spiro atoms. The van der Waals surface area contributed by atoms with Crippen LogP contribution in [0.2, 0.25) is 0 Å². The second-order valence-electron chi connectivity index (χ2n) is 8.46. The first-order valence-corrected chi connectivity index (χ1v) is 12.3. The van der Waals surface area contributed by atoms with Gasteiger partial charge < -0.3 is 16.0 Å². The Kier molecular flexibility index (Phi) is 6.65. The summed E-state index contributed by atoms with van der Waals surface area (Å²) >= 11 is 1.52. The van der Waals surface area contributed by atoms with Crippen LogP contribution in [-0.4, -0.2) is 42.1 Å². The molecule has 0 aliphatic carbocycles. The predicted octanol–water partition coefficient (Wildman–Crippen LogP) is 5.04. The number of guanidine groups is 1. The van der Waals surface area contributed by atoms with Gasteiger partial charge in [0.05, 0.1) is 11.4 Å². The number of hydrogen-bond acceptors (Lipinski definition) is 6. The second kappa shape index (κ2) is 10.2. The zero-order valence-corrected chi connectivity index (χ0v) is 19.7. The Hall–Kier alpha value is -3.55. The van der Waals surface area contributed by atoms with Crippen LogP contribution in [0.1, 0.15) is 33.0 Å². The molecule has 1 fully saturated rings. The standard InChI is InChI=1S/C27H27N5OS/c28-22-12-14-32(18-22)26(33)25-16-21-17-30-27(29-13-5-4-11-24(21)34-25)31-23-10-6-9-20(15-23)19-7-2-1-3-8-19/h1-4,6-11,13,15-16,22H,5,12,14,17-18,28H2,(H,30,31)/b11-4-,29-13?. The Morgan fingerprint density at radius 2 is 1.94 bits per heavy atom. The fourth-order valence-electron chi connectivity index (χ4n) is 4.12. The van der Waals surface area contributed by atoms with Crippen LogP contribution in [0.15, 0.2) is 76.7 Å². The lowest BCUT2D eigenvalue weighted by Gasteiger charge is -2.14. The highest BCUT2D eigenvalue weighted by molar-refractivity contribution is 7.15. The molecule has 2 aromatic carbocycles. The van der Waals surface area contributed by atoms with E-state index in [2.05, 4.69) is 46.7 Å². The van der Waals surface area contributed by atoms with E-state index in [0.717, 1.165) is 45.1 Å². The number of fused-ring (bicyclic) bond motifs is 1. The van der Waals surface area contributed by atoms with Gasteiger partial charge in [0.25, 0.3) is 5.91 Å². The molecule has 1 amide bonds. The van der Waals surface area contributed by atoms with Crippen molar-refractivity contribution >= 4 is 41.2 Å². The van der Waals surface area contributed by atoms with Crippen LogP contribution in [0.4, 0.5) is 5.69 Å². The Morgan fingerprint density at radius 3 is 2.76 bits per heavy atom. The molecule has 3 aromatic rings. The van der Waals surface area contributed by atoms with Gasteiger partial charge in [-0.05, 0) is 47.4 Å². The molecular formula is C27H27N5OS. The topological polar surface area (TPSA) is 83.1 Å². The Morgan fingerprint density at radius 1 is 1.09 bits per heavy atom. The Bertz CT molecular complexity index is 1260. The van der Waals surface area contributed by atoms with Crippen LogP contribution < -0.4 is 11.1 Å². The van der Waals surface area contributed by atoms with Crippen LogP contribution in [0.3, 0.4) is 0 Å². The summed E-state index contributed by atoms with van der Waals surface area (Å²) in [5.41, 5.74) is 10.2. The van der Waals surface area contributed by atoms with Crippen molar-refractivity contribution in [2.45, 2.75) is 25.4 Å². The van der Waals surface area contributed by atoms with E-state index in [1.54, 1.807) is 0 Å². The molecule has 7 heteroatoms. The molecule has 6 nitrogen and oxygen atoms in total. The minimum Gasteiger partial charge on any atom is -0.336 e. The van der Waals surface area contributed by atoms with Crippen LogP contribution in [0, 0.1) is 0 Å². The maximum atomic E-state index is 13.0. The third kappa shape index (κ3) is 5.16. The van der Waals surface area contributed by atoms with Gasteiger partial charge in [-0.25, -0.2) is 9.98 Å². The van der Waals surface area contributed by atoms with E-state index in [0.29, 0.717) is 25.5 Å². The van der Waals surface area contributed by atoms with Crippen LogP contribution in [0.5, 0.6) is 0 Å². The first kappa shape index (κ1) is 22.3. The fraction of sp³-hybridized carbons (Fsp3) is 0.222. The molecule has 2 aliphatic rings. The number of nitrogens with one attached hydrogen (secondary N) is 1. The third-order valence-corrected chi connectivity index (χ3v) is 7.04. The van der Waals surface area contributed by atoms with Gasteiger partial charge in [-0.1, -0.05) is 48.5 Å². The molecule has 3 N–H and O–H groups in total. The number of allylic oxidation sites excluding steroid dienone is 1. The van der Waals surface area contributed by atoms with E-state index in [-0.39, 0.29) is 11.9 Å². The molecule has 1 unspecified atom stereocenters. The zero-order chi connectivity index (χ0) is 23.3. The molecule has 1 atom stereocenters. The number of rotatable bonds is 3. The van der Waals surface area contributed by atoms with Crippen molar-refractivity contribution in [2.75, 3.05) is 18.4 Å². The van der Waals surface area contributed by atoms with E-state index >= 15 is 0 Å². The van der Waals surface area contributed by atoms with Gasteiger partial charge in [0.1, 0.15) is 0 Å². The van der Waals surface area contributed by atoms with Gasteiger partial charge in [-0.3, -0.25) is 4.79 Å². The molecule has 3 heterocycles. The summed E-state index contributed by atoms with van der Waals surface area (Å²) in [7, 11) is 0. The summed E-state index contributed by atoms with van der Waals surface area (Å²) in [5.74, 6) is 0.612. The van der Waals surface area contributed by atoms with E-state index in [1.807, 2.05) is 47.5 Å². The number of nitrogens with zero attached hydrogens (tertiary/aromatic N) is 3. The summed E-state index contributed by atoms with van der Waals surface area (Å²) < 4.78 is 0. The fourth-order valence-corrected chi connectivity index (χ4v) is 5.20. The average Bonchev–Trinajstić information content (AvgIpc) is 3.49. The molecule has 0 bridgehead atoms.